The van der Waals surface area contributed by atoms with Gasteiger partial charge in [0.05, 0.1) is 12.1 Å². The smallest absolute Gasteiger partial charge is 0.407 e. The van der Waals surface area contributed by atoms with Gasteiger partial charge in [-0.3, -0.25) is 14.6 Å². The van der Waals surface area contributed by atoms with E-state index in [1.807, 2.05) is 39.8 Å². The molecule has 9 nitrogen and oxygen atoms in total. The molecule has 0 aliphatic heterocycles. The molecule has 0 saturated heterocycles. The molecular weight excluding hydrogens is 520 g/mol. The molecule has 1 heterocycles. The number of hydrogen-bond acceptors (Lipinski definition) is 6. The molecule has 5 atom stereocenters. The molecule has 0 radical (unpaired) electrons. The first-order chi connectivity index (χ1) is 19.3. The Balaban J connectivity index is 2.13. The van der Waals surface area contributed by atoms with E-state index in [0.29, 0.717) is 25.3 Å². The molecule has 1 aromatic heterocycles. The van der Waals surface area contributed by atoms with E-state index in [-0.39, 0.29) is 30.1 Å². The summed E-state index contributed by atoms with van der Waals surface area (Å²) >= 11 is 0. The fraction of sp³-hybridized carbons (Fsp3) is 0.750. The number of rotatable bonds is 14. The summed E-state index contributed by atoms with van der Waals surface area (Å²) in [7, 11) is 0. The molecule has 1 aromatic rings. The van der Waals surface area contributed by atoms with Crippen molar-refractivity contribution in [2.45, 2.75) is 130 Å². The van der Waals surface area contributed by atoms with Crippen LogP contribution in [0.2, 0.25) is 0 Å². The summed E-state index contributed by atoms with van der Waals surface area (Å²) in [6.07, 6.45) is 9.03. The lowest BCUT2D eigenvalue weighted by Gasteiger charge is -2.33. The number of aromatic nitrogens is 1. The third-order valence-corrected chi connectivity index (χ3v) is 8.10. The van der Waals surface area contributed by atoms with Crippen LogP contribution in [0.1, 0.15) is 105 Å². The molecule has 0 spiro atoms. The Morgan fingerprint density at radius 3 is 2.32 bits per heavy atom. The Morgan fingerprint density at radius 2 is 1.76 bits per heavy atom. The van der Waals surface area contributed by atoms with Gasteiger partial charge in [-0.05, 0) is 63.0 Å². The molecular formula is C32H54N4O5. The van der Waals surface area contributed by atoms with E-state index in [1.54, 1.807) is 33.2 Å². The highest BCUT2D eigenvalue weighted by molar-refractivity contribution is 5.88. The maximum Gasteiger partial charge on any atom is 0.407 e. The van der Waals surface area contributed by atoms with E-state index in [0.717, 1.165) is 31.2 Å². The van der Waals surface area contributed by atoms with Crippen molar-refractivity contribution in [3.05, 3.63) is 30.1 Å². The fourth-order valence-corrected chi connectivity index (χ4v) is 5.42. The van der Waals surface area contributed by atoms with Gasteiger partial charge in [-0.25, -0.2) is 4.79 Å². The number of alkyl carbamates (subject to hydrolysis) is 1. The number of carbonyl (C=O) groups excluding carboxylic acids is 3. The number of nitrogens with zero attached hydrogens (tertiary/aromatic N) is 1. The predicted octanol–water partition coefficient (Wildman–Crippen LogP) is 5.12. The van der Waals surface area contributed by atoms with Gasteiger partial charge in [0.1, 0.15) is 11.6 Å². The van der Waals surface area contributed by atoms with Gasteiger partial charge in [-0.15, -0.1) is 0 Å². The standard InChI is InChI=1S/C32H54N4O5/c1-8-22(4)28(30(39)34-20-24-15-12-16-33-19-24)36-29(38)25(21(2)3)18-27(37)26(17-23-13-10-9-11-14-23)35-31(40)41-32(5,6)7/h12,15-16,19,21-23,25-28,37H,8-11,13-14,17-18,20H2,1-7H3,(H,34,39)(H,35,40)(H,36,38)/t22-,25+,26-,27-,28-/m0/s1. The fourth-order valence-electron chi connectivity index (χ4n) is 5.42. The van der Waals surface area contributed by atoms with Gasteiger partial charge >= 0.3 is 6.09 Å². The number of ether oxygens (including phenoxy) is 1. The Bertz CT molecular complexity index is 943. The summed E-state index contributed by atoms with van der Waals surface area (Å²) in [5.41, 5.74) is 0.215. The van der Waals surface area contributed by atoms with Crippen molar-refractivity contribution in [3.63, 3.8) is 0 Å². The van der Waals surface area contributed by atoms with Crippen LogP contribution in [-0.2, 0) is 20.9 Å². The van der Waals surface area contributed by atoms with Crippen LogP contribution in [0.4, 0.5) is 4.79 Å². The molecule has 41 heavy (non-hydrogen) atoms. The van der Waals surface area contributed by atoms with Crippen molar-refractivity contribution in [2.24, 2.45) is 23.7 Å². The zero-order valence-corrected chi connectivity index (χ0v) is 26.2. The van der Waals surface area contributed by atoms with Crippen LogP contribution < -0.4 is 16.0 Å². The molecule has 2 rings (SSSR count). The van der Waals surface area contributed by atoms with Gasteiger partial charge in [-0.1, -0.05) is 72.3 Å². The van der Waals surface area contributed by atoms with Gasteiger partial charge in [0.15, 0.2) is 0 Å². The van der Waals surface area contributed by atoms with Gasteiger partial charge in [0.2, 0.25) is 11.8 Å². The number of amides is 3. The monoisotopic (exact) mass is 574 g/mol. The average Bonchev–Trinajstić information content (AvgIpc) is 2.92. The van der Waals surface area contributed by atoms with Gasteiger partial charge in [0.25, 0.3) is 0 Å². The van der Waals surface area contributed by atoms with Crippen LogP contribution >= 0.6 is 0 Å². The second kappa shape index (κ2) is 16.7. The quantitative estimate of drug-likeness (QED) is 0.244. The molecule has 232 valence electrons. The summed E-state index contributed by atoms with van der Waals surface area (Å²) in [6.45, 7) is 13.5. The van der Waals surface area contributed by atoms with Crippen molar-refractivity contribution < 1.29 is 24.2 Å². The van der Waals surface area contributed by atoms with Crippen LogP contribution in [0.3, 0.4) is 0 Å². The highest BCUT2D eigenvalue weighted by Gasteiger charge is 2.35. The number of pyridine rings is 1. The van der Waals surface area contributed by atoms with Gasteiger partial charge in [0, 0.05) is 24.9 Å². The number of nitrogens with one attached hydrogen (secondary N) is 3. The molecule has 1 fully saturated rings. The average molecular weight is 575 g/mol. The minimum absolute atomic E-state index is 0.0848. The van der Waals surface area contributed by atoms with Crippen molar-refractivity contribution in [3.8, 4) is 0 Å². The second-order valence-electron chi connectivity index (χ2n) is 13.1. The lowest BCUT2D eigenvalue weighted by molar-refractivity contribution is -0.134. The molecule has 4 N–H and O–H groups in total. The zero-order valence-electron chi connectivity index (χ0n) is 26.2. The number of carbonyl (C=O) groups is 3. The Labute approximate surface area is 247 Å². The first-order valence-corrected chi connectivity index (χ1v) is 15.4. The van der Waals surface area contributed by atoms with E-state index in [9.17, 15) is 19.5 Å². The summed E-state index contributed by atoms with van der Waals surface area (Å²) in [6, 6.07) is 2.46. The molecule has 0 aromatic carbocycles. The summed E-state index contributed by atoms with van der Waals surface area (Å²) in [5, 5.41) is 20.3. The molecule has 3 amide bonds. The van der Waals surface area contributed by atoms with Gasteiger partial charge in [-0.2, -0.15) is 0 Å². The third kappa shape index (κ3) is 12.4. The van der Waals surface area contributed by atoms with Crippen molar-refractivity contribution in [1.82, 2.24) is 20.9 Å². The first kappa shape index (κ1) is 34.5. The maximum atomic E-state index is 13.6. The lowest BCUT2D eigenvalue weighted by Crippen LogP contribution is -2.53. The second-order valence-corrected chi connectivity index (χ2v) is 13.1. The van der Waals surface area contributed by atoms with Crippen LogP contribution in [0.5, 0.6) is 0 Å². The first-order valence-electron chi connectivity index (χ1n) is 15.4. The minimum Gasteiger partial charge on any atom is -0.444 e. The maximum absolute atomic E-state index is 13.6. The number of hydrogen-bond donors (Lipinski definition) is 4. The Morgan fingerprint density at radius 1 is 1.07 bits per heavy atom. The summed E-state index contributed by atoms with van der Waals surface area (Å²) < 4.78 is 5.49. The molecule has 1 saturated carbocycles. The molecule has 1 aliphatic carbocycles. The van der Waals surface area contributed by atoms with Crippen LogP contribution in [0.25, 0.3) is 0 Å². The van der Waals surface area contributed by atoms with E-state index in [4.69, 9.17) is 4.74 Å². The predicted molar refractivity (Wildman–Crippen MR) is 161 cm³/mol. The SMILES string of the molecule is CC[C@H](C)[C@H](NC(=O)[C@H](C[C@H](O)[C@H](CC1CCCCC1)NC(=O)OC(C)(C)C)C(C)C)C(=O)NCc1cccnc1. The zero-order chi connectivity index (χ0) is 30.6. The summed E-state index contributed by atoms with van der Waals surface area (Å²) in [5.74, 6) is -0.827. The van der Waals surface area contributed by atoms with E-state index in [1.165, 1.54) is 6.42 Å². The van der Waals surface area contributed by atoms with E-state index >= 15 is 0 Å². The lowest BCUT2D eigenvalue weighted by atomic mass is 9.81. The highest BCUT2D eigenvalue weighted by atomic mass is 16.6. The summed E-state index contributed by atoms with van der Waals surface area (Å²) in [4.78, 5) is 43.6. The Kier molecular flexibility index (Phi) is 14.0. The molecule has 1 aliphatic rings. The number of aliphatic hydroxyl groups excluding tert-OH is 1. The third-order valence-electron chi connectivity index (χ3n) is 8.10. The molecule has 0 unspecified atom stereocenters. The number of aliphatic hydroxyl groups is 1. The largest absolute Gasteiger partial charge is 0.444 e. The van der Waals surface area contributed by atoms with Gasteiger partial charge < -0.3 is 25.8 Å². The van der Waals surface area contributed by atoms with Crippen LogP contribution in [-0.4, -0.2) is 51.8 Å². The molecule has 0 bridgehead atoms. The minimum atomic E-state index is -0.941. The van der Waals surface area contributed by atoms with E-state index < -0.39 is 35.8 Å². The topological polar surface area (TPSA) is 130 Å². The van der Waals surface area contributed by atoms with Crippen molar-refractivity contribution >= 4 is 17.9 Å². The van der Waals surface area contributed by atoms with Crippen molar-refractivity contribution in [2.75, 3.05) is 0 Å². The normalized spacial score (nSPS) is 18.1. The van der Waals surface area contributed by atoms with Crippen molar-refractivity contribution in [1.29, 1.82) is 0 Å². The van der Waals surface area contributed by atoms with Crippen LogP contribution in [0, 0.1) is 23.7 Å². The Hall–Kier alpha value is -2.68. The molecule has 9 heteroatoms. The van der Waals surface area contributed by atoms with E-state index in [2.05, 4.69) is 20.9 Å². The van der Waals surface area contributed by atoms with Crippen LogP contribution in [0.15, 0.2) is 24.5 Å². The highest BCUT2D eigenvalue weighted by Crippen LogP contribution is 2.30.